The van der Waals surface area contributed by atoms with E-state index in [1.165, 1.54) is 6.07 Å². The number of rotatable bonds is 1. The highest BCUT2D eigenvalue weighted by Gasteiger charge is 2.37. The molecule has 1 aromatic rings. The minimum atomic E-state index is -4.29. The molecule has 2 rings (SSSR count). The van der Waals surface area contributed by atoms with Crippen molar-refractivity contribution in [3.63, 3.8) is 0 Å². The van der Waals surface area contributed by atoms with E-state index in [2.05, 4.69) is 15.9 Å². The van der Waals surface area contributed by atoms with Gasteiger partial charge in [-0.25, -0.2) is 0 Å². The average Bonchev–Trinajstić information content (AvgIpc) is 2.80. The van der Waals surface area contributed by atoms with Gasteiger partial charge in [-0.2, -0.15) is 13.2 Å². The van der Waals surface area contributed by atoms with Gasteiger partial charge in [0.25, 0.3) is 0 Å². The van der Waals surface area contributed by atoms with Gasteiger partial charge in [0.2, 0.25) is 0 Å². The molecule has 0 aliphatic heterocycles. The van der Waals surface area contributed by atoms with Crippen molar-refractivity contribution >= 4 is 15.9 Å². The summed E-state index contributed by atoms with van der Waals surface area (Å²) in [5.41, 5.74) is 5.66. The smallest absolute Gasteiger partial charge is 0.327 e. The van der Waals surface area contributed by atoms with Gasteiger partial charge < -0.3 is 5.73 Å². The van der Waals surface area contributed by atoms with Crippen LogP contribution >= 0.6 is 15.9 Å². The molecule has 1 aromatic carbocycles. The molecule has 82 valence electrons. The first-order valence-corrected chi connectivity index (χ1v) is 5.30. The molecule has 1 nitrogen and oxygen atoms in total. The molecule has 1 saturated carbocycles. The van der Waals surface area contributed by atoms with Crippen LogP contribution in [0, 0.1) is 0 Å². The molecule has 2 atom stereocenters. The van der Waals surface area contributed by atoms with Crippen molar-refractivity contribution in [2.75, 3.05) is 0 Å². The molecule has 0 bridgehead atoms. The lowest BCUT2D eigenvalue weighted by Crippen LogP contribution is -2.07. The lowest BCUT2D eigenvalue weighted by atomic mass is 10.1. The highest BCUT2D eigenvalue weighted by atomic mass is 79.9. The van der Waals surface area contributed by atoms with Gasteiger partial charge in [0, 0.05) is 16.4 Å². The molecule has 1 aliphatic carbocycles. The van der Waals surface area contributed by atoms with Crippen LogP contribution in [-0.2, 0) is 6.18 Å². The fraction of sp³-hybridized carbons (Fsp3) is 0.400. The van der Waals surface area contributed by atoms with Gasteiger partial charge in [0.05, 0.1) is 5.56 Å². The van der Waals surface area contributed by atoms with Gasteiger partial charge >= 0.3 is 6.18 Å². The third-order valence-electron chi connectivity index (χ3n) is 2.52. The van der Waals surface area contributed by atoms with E-state index in [-0.39, 0.29) is 12.0 Å². The Kier molecular flexibility index (Phi) is 2.55. The highest BCUT2D eigenvalue weighted by Crippen LogP contribution is 2.42. The number of nitrogens with two attached hydrogens (primary N) is 1. The third kappa shape index (κ3) is 2.34. The van der Waals surface area contributed by atoms with Crippen LogP contribution in [0.4, 0.5) is 13.2 Å². The molecular weight excluding hydrogens is 271 g/mol. The molecule has 2 N–H and O–H groups in total. The topological polar surface area (TPSA) is 26.0 Å². The maximum absolute atomic E-state index is 12.5. The Labute approximate surface area is 93.6 Å². The largest absolute Gasteiger partial charge is 0.416 e. The van der Waals surface area contributed by atoms with Crippen molar-refractivity contribution in [2.45, 2.75) is 24.6 Å². The summed E-state index contributed by atoms with van der Waals surface area (Å²) in [7, 11) is 0. The Bertz CT molecular complexity index is 389. The standard InChI is InChI=1S/C10H9BrF3N/c11-7-2-5(8-4-9(8)15)1-6(3-7)10(12,13)14/h1-3,8-9H,4,15H2. The Morgan fingerprint density at radius 1 is 1.27 bits per heavy atom. The van der Waals surface area contributed by atoms with Crippen LogP contribution in [0.2, 0.25) is 0 Å². The molecule has 5 heteroatoms. The Hall–Kier alpha value is -0.550. The van der Waals surface area contributed by atoms with Crippen LogP contribution in [0.1, 0.15) is 23.5 Å². The second-order valence-corrected chi connectivity index (χ2v) is 4.69. The van der Waals surface area contributed by atoms with Gasteiger partial charge in [-0.15, -0.1) is 0 Å². The maximum atomic E-state index is 12.5. The van der Waals surface area contributed by atoms with Crippen molar-refractivity contribution in [1.29, 1.82) is 0 Å². The Balaban J connectivity index is 2.37. The highest BCUT2D eigenvalue weighted by molar-refractivity contribution is 9.10. The van der Waals surface area contributed by atoms with E-state index in [1.54, 1.807) is 6.07 Å². The SMILES string of the molecule is NC1CC1c1cc(Br)cc(C(F)(F)F)c1. The zero-order valence-corrected chi connectivity index (χ0v) is 9.27. The van der Waals surface area contributed by atoms with Crippen molar-refractivity contribution in [3.8, 4) is 0 Å². The van der Waals surface area contributed by atoms with E-state index in [1.807, 2.05) is 0 Å². The molecular formula is C10H9BrF3N. The molecule has 15 heavy (non-hydrogen) atoms. The van der Waals surface area contributed by atoms with Crippen molar-refractivity contribution < 1.29 is 13.2 Å². The summed E-state index contributed by atoms with van der Waals surface area (Å²) in [5, 5.41) is 0. The molecule has 0 radical (unpaired) electrons. The summed E-state index contributed by atoms with van der Waals surface area (Å²) >= 11 is 3.08. The fourth-order valence-electron chi connectivity index (χ4n) is 1.59. The molecule has 0 aromatic heterocycles. The summed E-state index contributed by atoms with van der Waals surface area (Å²) in [6.45, 7) is 0. The lowest BCUT2D eigenvalue weighted by molar-refractivity contribution is -0.137. The first kappa shape index (κ1) is 11.0. The number of halogens is 4. The normalized spacial score (nSPS) is 25.4. The van der Waals surface area contributed by atoms with E-state index in [4.69, 9.17) is 5.73 Å². The molecule has 0 spiro atoms. The summed E-state index contributed by atoms with van der Waals surface area (Å²) in [4.78, 5) is 0. The number of hydrogen-bond acceptors (Lipinski definition) is 1. The summed E-state index contributed by atoms with van der Waals surface area (Å²) in [6.07, 6.45) is -3.52. The lowest BCUT2D eigenvalue weighted by Gasteiger charge is -2.09. The van der Waals surface area contributed by atoms with Crippen LogP contribution < -0.4 is 5.73 Å². The van der Waals surface area contributed by atoms with Gasteiger partial charge in [-0.05, 0) is 30.2 Å². The van der Waals surface area contributed by atoms with Crippen molar-refractivity contribution in [1.82, 2.24) is 0 Å². The minimum absolute atomic E-state index is 0.0142. The Morgan fingerprint density at radius 3 is 2.33 bits per heavy atom. The van der Waals surface area contributed by atoms with Crippen molar-refractivity contribution in [3.05, 3.63) is 33.8 Å². The maximum Gasteiger partial charge on any atom is 0.416 e. The number of benzene rings is 1. The van der Waals surface area contributed by atoms with Gasteiger partial charge in [-0.1, -0.05) is 15.9 Å². The predicted molar refractivity (Wildman–Crippen MR) is 54.5 cm³/mol. The second kappa shape index (κ2) is 3.49. The van der Waals surface area contributed by atoms with Gasteiger partial charge in [0.1, 0.15) is 0 Å². The molecule has 1 aliphatic rings. The van der Waals surface area contributed by atoms with Crippen LogP contribution in [0.15, 0.2) is 22.7 Å². The molecule has 0 heterocycles. The fourth-order valence-corrected chi connectivity index (χ4v) is 2.10. The van der Waals surface area contributed by atoms with E-state index in [0.29, 0.717) is 10.0 Å². The molecule has 2 unspecified atom stereocenters. The summed E-state index contributed by atoms with van der Waals surface area (Å²) in [6, 6.07) is 3.98. The number of alkyl halides is 3. The zero-order valence-electron chi connectivity index (χ0n) is 7.68. The van der Waals surface area contributed by atoms with E-state index in [9.17, 15) is 13.2 Å². The van der Waals surface area contributed by atoms with Crippen LogP contribution in [-0.4, -0.2) is 6.04 Å². The van der Waals surface area contributed by atoms with E-state index >= 15 is 0 Å². The summed E-state index contributed by atoms with van der Waals surface area (Å²) < 4.78 is 37.9. The van der Waals surface area contributed by atoms with Crippen LogP contribution in [0.5, 0.6) is 0 Å². The molecule has 1 fully saturated rings. The van der Waals surface area contributed by atoms with E-state index in [0.717, 1.165) is 12.5 Å². The first-order chi connectivity index (χ1) is 6.88. The minimum Gasteiger partial charge on any atom is -0.327 e. The average molecular weight is 280 g/mol. The van der Waals surface area contributed by atoms with Gasteiger partial charge in [0.15, 0.2) is 0 Å². The van der Waals surface area contributed by atoms with Crippen LogP contribution in [0.3, 0.4) is 0 Å². The third-order valence-corrected chi connectivity index (χ3v) is 2.97. The number of hydrogen-bond donors (Lipinski definition) is 1. The molecule has 0 amide bonds. The molecule has 0 saturated heterocycles. The van der Waals surface area contributed by atoms with Crippen LogP contribution in [0.25, 0.3) is 0 Å². The van der Waals surface area contributed by atoms with Crippen molar-refractivity contribution in [2.24, 2.45) is 5.73 Å². The predicted octanol–water partition coefficient (Wildman–Crippen LogP) is 3.28. The zero-order chi connectivity index (χ0) is 11.2. The quantitative estimate of drug-likeness (QED) is 0.839. The first-order valence-electron chi connectivity index (χ1n) is 4.51. The monoisotopic (exact) mass is 279 g/mol. The van der Waals surface area contributed by atoms with E-state index < -0.39 is 11.7 Å². The van der Waals surface area contributed by atoms with Gasteiger partial charge in [-0.3, -0.25) is 0 Å². The Morgan fingerprint density at radius 2 is 1.87 bits per heavy atom. The second-order valence-electron chi connectivity index (χ2n) is 3.78. The summed E-state index contributed by atoms with van der Waals surface area (Å²) in [5.74, 6) is 0.0867.